The van der Waals surface area contributed by atoms with Gasteiger partial charge in [-0.05, 0) is 5.92 Å². The minimum absolute atomic E-state index is 0.118. The summed E-state index contributed by atoms with van der Waals surface area (Å²) in [6.45, 7) is 4.58. The Labute approximate surface area is 116 Å². The molecule has 0 radical (unpaired) electrons. The summed E-state index contributed by atoms with van der Waals surface area (Å²) in [5.41, 5.74) is 1.04. The van der Waals surface area contributed by atoms with Crippen molar-refractivity contribution in [3.63, 3.8) is 0 Å². The highest BCUT2D eigenvalue weighted by molar-refractivity contribution is 6.09. The van der Waals surface area contributed by atoms with Crippen LogP contribution in [0.15, 0.2) is 12.5 Å². The van der Waals surface area contributed by atoms with Gasteiger partial charge in [0.2, 0.25) is 5.88 Å². The van der Waals surface area contributed by atoms with Crippen molar-refractivity contribution < 1.29 is 14.3 Å². The van der Waals surface area contributed by atoms with Crippen molar-refractivity contribution in [1.82, 2.24) is 15.0 Å². The Balaban J connectivity index is 2.35. The Bertz CT molecular complexity index is 619. The van der Waals surface area contributed by atoms with Crippen LogP contribution in [0.4, 0.5) is 0 Å². The van der Waals surface area contributed by atoms with Crippen molar-refractivity contribution in [1.29, 1.82) is 0 Å². The second kappa shape index (κ2) is 6.27. The van der Waals surface area contributed by atoms with Gasteiger partial charge in [-0.25, -0.2) is 9.97 Å². The van der Waals surface area contributed by atoms with Crippen LogP contribution in [0.5, 0.6) is 5.88 Å². The summed E-state index contributed by atoms with van der Waals surface area (Å²) in [6.07, 6.45) is 4.11. The van der Waals surface area contributed by atoms with Crippen LogP contribution >= 0.6 is 0 Å². The maximum Gasteiger partial charge on any atom is 0.226 e. The van der Waals surface area contributed by atoms with Crippen LogP contribution in [0, 0.1) is 5.92 Å². The largest absolute Gasteiger partial charge is 0.477 e. The van der Waals surface area contributed by atoms with Crippen LogP contribution in [-0.2, 0) is 4.79 Å². The Hall–Kier alpha value is -2.24. The highest BCUT2D eigenvalue weighted by Gasteiger charge is 2.17. The van der Waals surface area contributed by atoms with Crippen LogP contribution in [0.3, 0.4) is 0 Å². The Kier molecular flexibility index (Phi) is 4.45. The van der Waals surface area contributed by atoms with Crippen molar-refractivity contribution in [2.75, 3.05) is 6.61 Å². The standard InChI is InChI=1S/C14H17N3O3/c1-9(2)7-20-14-12-10(11(19)4-3-5-18)6-15-13(12)16-8-17-14/h5-6,8-9H,3-4,7H2,1-2H3,(H,15,16,17). The summed E-state index contributed by atoms with van der Waals surface area (Å²) in [7, 11) is 0. The zero-order valence-corrected chi connectivity index (χ0v) is 11.5. The number of carbonyl (C=O) groups is 2. The molecule has 0 fully saturated rings. The molecule has 0 saturated heterocycles. The second-order valence-electron chi connectivity index (χ2n) is 4.94. The number of rotatable bonds is 7. The van der Waals surface area contributed by atoms with Gasteiger partial charge >= 0.3 is 0 Å². The summed E-state index contributed by atoms with van der Waals surface area (Å²) in [6, 6.07) is 0. The zero-order chi connectivity index (χ0) is 14.5. The number of aldehydes is 1. The molecule has 0 aliphatic carbocycles. The van der Waals surface area contributed by atoms with Gasteiger partial charge in [0.1, 0.15) is 18.3 Å². The third-order valence-corrected chi connectivity index (χ3v) is 2.78. The van der Waals surface area contributed by atoms with E-state index >= 15 is 0 Å². The van der Waals surface area contributed by atoms with Crippen molar-refractivity contribution >= 4 is 23.1 Å². The molecule has 106 valence electrons. The van der Waals surface area contributed by atoms with Gasteiger partial charge < -0.3 is 14.5 Å². The van der Waals surface area contributed by atoms with Gasteiger partial charge in [0.15, 0.2) is 5.78 Å². The normalized spacial score (nSPS) is 10.9. The van der Waals surface area contributed by atoms with E-state index in [-0.39, 0.29) is 18.6 Å². The van der Waals surface area contributed by atoms with E-state index in [0.717, 1.165) is 6.29 Å². The average Bonchev–Trinajstić information content (AvgIpc) is 2.87. The van der Waals surface area contributed by atoms with E-state index in [9.17, 15) is 9.59 Å². The average molecular weight is 275 g/mol. The number of ketones is 1. The molecular weight excluding hydrogens is 258 g/mol. The van der Waals surface area contributed by atoms with Crippen molar-refractivity contribution in [3.05, 3.63) is 18.1 Å². The van der Waals surface area contributed by atoms with E-state index in [4.69, 9.17) is 4.74 Å². The SMILES string of the molecule is CC(C)COc1ncnc2[nH]cc(C(=O)CCC=O)c12. The lowest BCUT2D eigenvalue weighted by molar-refractivity contribution is -0.107. The first-order chi connectivity index (χ1) is 9.63. The number of carbonyl (C=O) groups excluding carboxylic acids is 2. The highest BCUT2D eigenvalue weighted by Crippen LogP contribution is 2.26. The van der Waals surface area contributed by atoms with Crippen molar-refractivity contribution in [2.45, 2.75) is 26.7 Å². The molecule has 0 aliphatic heterocycles. The summed E-state index contributed by atoms with van der Waals surface area (Å²) >= 11 is 0. The fourth-order valence-electron chi connectivity index (χ4n) is 1.83. The molecule has 2 rings (SSSR count). The third kappa shape index (κ3) is 3.01. The van der Waals surface area contributed by atoms with E-state index in [2.05, 4.69) is 15.0 Å². The number of hydrogen-bond acceptors (Lipinski definition) is 5. The number of ether oxygens (including phenoxy) is 1. The molecule has 0 amide bonds. The third-order valence-electron chi connectivity index (χ3n) is 2.78. The molecule has 0 saturated carbocycles. The molecule has 6 heteroatoms. The molecule has 20 heavy (non-hydrogen) atoms. The van der Waals surface area contributed by atoms with Crippen LogP contribution in [0.1, 0.15) is 37.0 Å². The summed E-state index contributed by atoms with van der Waals surface area (Å²) < 4.78 is 5.64. The lowest BCUT2D eigenvalue weighted by Crippen LogP contribution is -2.07. The molecule has 0 atom stereocenters. The molecular formula is C14H17N3O3. The number of H-pyrrole nitrogens is 1. The predicted octanol–water partition coefficient (Wildman–Crippen LogP) is 2.15. The first-order valence-electron chi connectivity index (χ1n) is 6.55. The Morgan fingerprint density at radius 3 is 2.95 bits per heavy atom. The minimum Gasteiger partial charge on any atom is -0.477 e. The maximum absolute atomic E-state index is 12.1. The fourth-order valence-corrected chi connectivity index (χ4v) is 1.83. The van der Waals surface area contributed by atoms with Gasteiger partial charge in [-0.2, -0.15) is 0 Å². The van der Waals surface area contributed by atoms with Crippen molar-refractivity contribution in [2.24, 2.45) is 5.92 Å². The summed E-state index contributed by atoms with van der Waals surface area (Å²) in [5, 5.41) is 0.587. The Morgan fingerprint density at radius 1 is 1.45 bits per heavy atom. The van der Waals surface area contributed by atoms with Gasteiger partial charge in [-0.3, -0.25) is 4.79 Å². The number of nitrogens with zero attached hydrogens (tertiary/aromatic N) is 2. The quantitative estimate of drug-likeness (QED) is 0.618. The molecule has 1 N–H and O–H groups in total. The number of hydrogen-bond donors (Lipinski definition) is 1. The van der Waals surface area contributed by atoms with Crippen LogP contribution in [0.25, 0.3) is 11.0 Å². The van der Waals surface area contributed by atoms with Gasteiger partial charge in [-0.1, -0.05) is 13.8 Å². The van der Waals surface area contributed by atoms with Crippen LogP contribution in [-0.4, -0.2) is 33.6 Å². The maximum atomic E-state index is 12.1. The van der Waals surface area contributed by atoms with Gasteiger partial charge in [-0.15, -0.1) is 0 Å². The summed E-state index contributed by atoms with van der Waals surface area (Å²) in [5.74, 6) is 0.639. The lowest BCUT2D eigenvalue weighted by Gasteiger charge is -2.09. The van der Waals surface area contributed by atoms with E-state index in [1.54, 1.807) is 6.20 Å². The molecule has 2 heterocycles. The van der Waals surface area contributed by atoms with E-state index in [1.807, 2.05) is 13.8 Å². The highest BCUT2D eigenvalue weighted by atomic mass is 16.5. The zero-order valence-electron chi connectivity index (χ0n) is 11.5. The molecule has 0 bridgehead atoms. The van der Waals surface area contributed by atoms with Crippen molar-refractivity contribution in [3.8, 4) is 5.88 Å². The van der Waals surface area contributed by atoms with E-state index in [1.165, 1.54) is 6.33 Å². The van der Waals surface area contributed by atoms with Gasteiger partial charge in [0.25, 0.3) is 0 Å². The smallest absolute Gasteiger partial charge is 0.226 e. The van der Waals surface area contributed by atoms with Gasteiger partial charge in [0, 0.05) is 19.0 Å². The van der Waals surface area contributed by atoms with Crippen LogP contribution in [0.2, 0.25) is 0 Å². The first kappa shape index (κ1) is 14.2. The topological polar surface area (TPSA) is 84.9 Å². The molecule has 2 aromatic heterocycles. The Morgan fingerprint density at radius 2 is 2.25 bits per heavy atom. The first-order valence-corrected chi connectivity index (χ1v) is 6.55. The monoisotopic (exact) mass is 275 g/mol. The lowest BCUT2D eigenvalue weighted by atomic mass is 10.1. The second-order valence-corrected chi connectivity index (χ2v) is 4.94. The minimum atomic E-state index is -0.118. The number of aromatic nitrogens is 3. The molecule has 0 aromatic carbocycles. The fraction of sp³-hybridized carbons (Fsp3) is 0.429. The molecule has 0 aliphatic rings. The number of nitrogens with one attached hydrogen (secondary N) is 1. The summed E-state index contributed by atoms with van der Waals surface area (Å²) in [4.78, 5) is 33.6. The molecule has 2 aromatic rings. The van der Waals surface area contributed by atoms with E-state index < -0.39 is 0 Å². The number of aromatic amines is 1. The van der Waals surface area contributed by atoms with E-state index in [0.29, 0.717) is 35.0 Å². The predicted molar refractivity (Wildman–Crippen MR) is 73.9 cm³/mol. The number of Topliss-reactive ketones (excluding diaryl/α,β-unsaturated/α-hetero) is 1. The molecule has 6 nitrogen and oxygen atoms in total. The van der Waals surface area contributed by atoms with Crippen LogP contribution < -0.4 is 4.74 Å². The van der Waals surface area contributed by atoms with Gasteiger partial charge in [0.05, 0.1) is 17.6 Å². The molecule has 0 spiro atoms. The molecule has 0 unspecified atom stereocenters. The number of fused-ring (bicyclic) bond motifs is 1.